The summed E-state index contributed by atoms with van der Waals surface area (Å²) in [6.45, 7) is 0. The predicted octanol–water partition coefficient (Wildman–Crippen LogP) is 6.77. The van der Waals surface area contributed by atoms with Crippen LogP contribution in [0.2, 0.25) is 10.0 Å². The highest BCUT2D eigenvalue weighted by atomic mass is 79.9. The van der Waals surface area contributed by atoms with Gasteiger partial charge in [-0.1, -0.05) is 75.5 Å². The molecule has 3 rings (SSSR count). The molecule has 0 aliphatic rings. The molecule has 0 N–H and O–H groups in total. The first-order valence-corrected chi connectivity index (χ1v) is 8.01. The number of hydrogen-bond donors (Lipinski definition) is 0. The van der Waals surface area contributed by atoms with E-state index in [0.717, 1.165) is 16.3 Å². The van der Waals surface area contributed by atoms with Gasteiger partial charge in [0, 0.05) is 21.0 Å². The second-order valence-electron chi connectivity index (χ2n) is 4.71. The van der Waals surface area contributed by atoms with Gasteiger partial charge in [0.1, 0.15) is 5.82 Å². The Bertz CT molecular complexity index is 817. The summed E-state index contributed by atoms with van der Waals surface area (Å²) in [5, 5.41) is 3.03. The van der Waals surface area contributed by atoms with Crippen molar-refractivity contribution in [3.63, 3.8) is 0 Å². The minimum absolute atomic E-state index is 0.267. The van der Waals surface area contributed by atoms with Gasteiger partial charge in [-0.25, -0.2) is 4.39 Å². The quantitative estimate of drug-likeness (QED) is 0.428. The van der Waals surface area contributed by atoms with Crippen LogP contribution in [0.3, 0.4) is 0 Å². The molecule has 1 atom stereocenters. The third-order valence-corrected chi connectivity index (χ3v) is 4.96. The third kappa shape index (κ3) is 2.80. The van der Waals surface area contributed by atoms with Crippen LogP contribution in [0.4, 0.5) is 4.39 Å². The van der Waals surface area contributed by atoms with E-state index < -0.39 is 0 Å². The second kappa shape index (κ2) is 5.96. The monoisotopic (exact) mass is 382 g/mol. The zero-order valence-corrected chi connectivity index (χ0v) is 13.9. The van der Waals surface area contributed by atoms with Gasteiger partial charge in [0.2, 0.25) is 0 Å². The molecule has 0 heterocycles. The molecule has 0 aliphatic heterocycles. The van der Waals surface area contributed by atoms with Crippen LogP contribution in [0.1, 0.15) is 16.0 Å². The molecule has 0 fully saturated rings. The van der Waals surface area contributed by atoms with Crippen molar-refractivity contribution in [2.24, 2.45) is 0 Å². The zero-order valence-electron chi connectivity index (χ0n) is 10.8. The van der Waals surface area contributed by atoms with Gasteiger partial charge in [-0.15, -0.1) is 0 Å². The lowest BCUT2D eigenvalue weighted by Crippen LogP contribution is -1.98. The van der Waals surface area contributed by atoms with E-state index in [9.17, 15) is 4.39 Å². The average molecular weight is 384 g/mol. The third-order valence-electron chi connectivity index (χ3n) is 3.41. The highest BCUT2D eigenvalue weighted by molar-refractivity contribution is 9.09. The summed E-state index contributed by atoms with van der Waals surface area (Å²) >= 11 is 15.6. The van der Waals surface area contributed by atoms with Crippen molar-refractivity contribution >= 4 is 49.9 Å². The molecule has 21 heavy (non-hydrogen) atoms. The lowest BCUT2D eigenvalue weighted by Gasteiger charge is -2.15. The first-order valence-electron chi connectivity index (χ1n) is 6.34. The van der Waals surface area contributed by atoms with E-state index in [1.807, 2.05) is 36.4 Å². The molecule has 0 spiro atoms. The normalized spacial score (nSPS) is 12.6. The summed E-state index contributed by atoms with van der Waals surface area (Å²) in [7, 11) is 0. The summed E-state index contributed by atoms with van der Waals surface area (Å²) < 4.78 is 14.1. The number of hydrogen-bond acceptors (Lipinski definition) is 0. The topological polar surface area (TPSA) is 0 Å². The fourth-order valence-electron chi connectivity index (χ4n) is 2.38. The molecule has 1 unspecified atom stereocenters. The van der Waals surface area contributed by atoms with Crippen molar-refractivity contribution < 1.29 is 4.39 Å². The van der Waals surface area contributed by atoms with Gasteiger partial charge in [0.05, 0.1) is 4.83 Å². The molecule has 0 radical (unpaired) electrons. The molecule has 106 valence electrons. The predicted molar refractivity (Wildman–Crippen MR) is 91.1 cm³/mol. The highest BCUT2D eigenvalue weighted by Gasteiger charge is 2.18. The summed E-state index contributed by atoms with van der Waals surface area (Å²) in [6.07, 6.45) is 0. The standard InChI is InChI=1S/C17H10BrCl2F/c18-17(14-6-5-10(19)9-16(14)21)13-7-8-15(20)12-4-2-1-3-11(12)13/h1-9,17H. The Morgan fingerprint density at radius 1 is 0.857 bits per heavy atom. The lowest BCUT2D eigenvalue weighted by atomic mass is 9.98. The van der Waals surface area contributed by atoms with Crippen molar-refractivity contribution in [3.05, 3.63) is 81.6 Å². The molecule has 0 saturated heterocycles. The Labute approximate surface area is 140 Å². The number of fused-ring (bicyclic) bond motifs is 1. The number of halogens is 4. The van der Waals surface area contributed by atoms with Gasteiger partial charge in [0.25, 0.3) is 0 Å². The van der Waals surface area contributed by atoms with Crippen LogP contribution in [0.5, 0.6) is 0 Å². The van der Waals surface area contributed by atoms with E-state index >= 15 is 0 Å². The molecule has 0 aliphatic carbocycles. The molecular weight excluding hydrogens is 374 g/mol. The zero-order chi connectivity index (χ0) is 15.0. The van der Waals surface area contributed by atoms with E-state index in [-0.39, 0.29) is 10.6 Å². The van der Waals surface area contributed by atoms with Crippen LogP contribution in [-0.2, 0) is 0 Å². The molecule has 0 amide bonds. The largest absolute Gasteiger partial charge is 0.207 e. The van der Waals surface area contributed by atoms with Crippen LogP contribution in [-0.4, -0.2) is 0 Å². The molecule has 0 bridgehead atoms. The van der Waals surface area contributed by atoms with Crippen molar-refractivity contribution in [1.82, 2.24) is 0 Å². The number of benzene rings is 3. The summed E-state index contributed by atoms with van der Waals surface area (Å²) in [5.74, 6) is -0.330. The summed E-state index contributed by atoms with van der Waals surface area (Å²) in [6, 6.07) is 16.3. The molecule has 3 aromatic carbocycles. The van der Waals surface area contributed by atoms with Gasteiger partial charge in [0.15, 0.2) is 0 Å². The smallest absolute Gasteiger partial charge is 0.129 e. The van der Waals surface area contributed by atoms with E-state index in [2.05, 4.69) is 15.9 Å². The van der Waals surface area contributed by atoms with Crippen LogP contribution in [0, 0.1) is 5.82 Å². The molecular formula is C17H10BrCl2F. The summed E-state index contributed by atoms with van der Waals surface area (Å²) in [5.41, 5.74) is 1.52. The van der Waals surface area contributed by atoms with E-state index in [4.69, 9.17) is 23.2 Å². The summed E-state index contributed by atoms with van der Waals surface area (Å²) in [4.78, 5) is -0.267. The molecule has 3 aromatic rings. The maximum absolute atomic E-state index is 14.1. The van der Waals surface area contributed by atoms with Gasteiger partial charge in [-0.2, -0.15) is 0 Å². The van der Waals surface area contributed by atoms with E-state index in [0.29, 0.717) is 15.6 Å². The van der Waals surface area contributed by atoms with Crippen molar-refractivity contribution in [3.8, 4) is 0 Å². The molecule has 0 aromatic heterocycles. The number of rotatable bonds is 2. The maximum atomic E-state index is 14.1. The van der Waals surface area contributed by atoms with Crippen molar-refractivity contribution in [1.29, 1.82) is 0 Å². The van der Waals surface area contributed by atoms with Crippen molar-refractivity contribution in [2.45, 2.75) is 4.83 Å². The van der Waals surface area contributed by atoms with Crippen LogP contribution in [0.25, 0.3) is 10.8 Å². The van der Waals surface area contributed by atoms with Crippen LogP contribution in [0.15, 0.2) is 54.6 Å². The Morgan fingerprint density at radius 2 is 1.52 bits per heavy atom. The minimum atomic E-state index is -0.330. The fourth-order valence-corrected chi connectivity index (χ4v) is 3.54. The Kier molecular flexibility index (Phi) is 4.21. The fraction of sp³-hybridized carbons (Fsp3) is 0.0588. The van der Waals surface area contributed by atoms with Gasteiger partial charge < -0.3 is 0 Å². The van der Waals surface area contributed by atoms with Crippen LogP contribution < -0.4 is 0 Å². The lowest BCUT2D eigenvalue weighted by molar-refractivity contribution is 0.614. The van der Waals surface area contributed by atoms with E-state index in [1.54, 1.807) is 12.1 Å². The first kappa shape index (κ1) is 14.8. The van der Waals surface area contributed by atoms with E-state index in [1.165, 1.54) is 6.07 Å². The Balaban J connectivity index is 2.18. The Hall–Kier alpha value is -1.09. The molecule has 4 heteroatoms. The van der Waals surface area contributed by atoms with Crippen molar-refractivity contribution in [2.75, 3.05) is 0 Å². The molecule has 0 nitrogen and oxygen atoms in total. The Morgan fingerprint density at radius 3 is 2.24 bits per heavy atom. The second-order valence-corrected chi connectivity index (χ2v) is 6.47. The SMILES string of the molecule is Fc1cc(Cl)ccc1C(Br)c1ccc(Cl)c2ccccc12. The van der Waals surface area contributed by atoms with Gasteiger partial charge >= 0.3 is 0 Å². The highest BCUT2D eigenvalue weighted by Crippen LogP contribution is 2.38. The first-order chi connectivity index (χ1) is 10.1. The van der Waals surface area contributed by atoms with Crippen LogP contribution >= 0.6 is 39.1 Å². The molecule has 0 saturated carbocycles. The average Bonchev–Trinajstić information content (AvgIpc) is 2.47. The maximum Gasteiger partial charge on any atom is 0.129 e. The minimum Gasteiger partial charge on any atom is -0.207 e. The van der Waals surface area contributed by atoms with Gasteiger partial charge in [-0.3, -0.25) is 0 Å². The number of alkyl halides is 1. The van der Waals surface area contributed by atoms with Gasteiger partial charge in [-0.05, 0) is 29.1 Å².